The van der Waals surface area contributed by atoms with Crippen LogP contribution in [0.4, 0.5) is 5.82 Å². The average molecular weight is 471 g/mol. The molecule has 3 fully saturated rings. The van der Waals surface area contributed by atoms with E-state index in [9.17, 15) is 9.59 Å². The van der Waals surface area contributed by atoms with E-state index in [1.54, 1.807) is 23.0 Å². The minimum atomic E-state index is -0.376. The number of aromatic nitrogens is 2. The van der Waals surface area contributed by atoms with E-state index in [2.05, 4.69) is 21.0 Å². The lowest BCUT2D eigenvalue weighted by molar-refractivity contribution is -0.124. The highest BCUT2D eigenvalue weighted by Crippen LogP contribution is 2.49. The summed E-state index contributed by atoms with van der Waals surface area (Å²) in [6.07, 6.45) is 3.12. The van der Waals surface area contributed by atoms with E-state index in [0.29, 0.717) is 26.9 Å². The summed E-state index contributed by atoms with van der Waals surface area (Å²) in [6, 6.07) is 5.25. The Bertz CT molecular complexity index is 951. The topological polar surface area (TPSA) is 64.4 Å². The zero-order valence-corrected chi connectivity index (χ0v) is 17.0. The standard InChI is InChI=1S/C18H14BrCl2N3O3/c19-10-7-23(6-8-1-2-9(20)5-11(8)21)22-16(10)24-17(25)14-12-3-4-13(27-12)15(14)18(24)26/h1-2,5,7,12-15H,3-4,6H2/t12-,13-,14-,15+/m1/s1. The van der Waals surface area contributed by atoms with Gasteiger partial charge in [-0.3, -0.25) is 14.3 Å². The third kappa shape index (κ3) is 2.67. The maximum absolute atomic E-state index is 12.9. The summed E-state index contributed by atoms with van der Waals surface area (Å²) in [7, 11) is 0. The van der Waals surface area contributed by atoms with E-state index in [1.165, 1.54) is 4.90 Å². The maximum atomic E-state index is 12.9. The SMILES string of the molecule is O=C1[C@@H]2[C@H](C(=O)N1c1nn(Cc3ccc(Cl)cc3Cl)cc1Br)[C@H]1CC[C@H]2O1. The fourth-order valence-corrected chi connectivity index (χ4v) is 5.33. The molecular weight excluding hydrogens is 457 g/mol. The first kappa shape index (κ1) is 17.7. The van der Waals surface area contributed by atoms with Crippen LogP contribution in [0, 0.1) is 11.8 Å². The number of benzene rings is 1. The fraction of sp³-hybridized carbons (Fsp3) is 0.389. The lowest BCUT2D eigenvalue weighted by Crippen LogP contribution is -2.34. The van der Waals surface area contributed by atoms with Gasteiger partial charge in [0.1, 0.15) is 0 Å². The number of nitrogens with zero attached hydrogens (tertiary/aromatic N) is 3. The van der Waals surface area contributed by atoms with Crippen molar-refractivity contribution in [3.8, 4) is 0 Å². The van der Waals surface area contributed by atoms with Gasteiger partial charge in [-0.2, -0.15) is 5.10 Å². The fourth-order valence-electron chi connectivity index (χ4n) is 4.36. The van der Waals surface area contributed by atoms with Crippen molar-refractivity contribution in [3.05, 3.63) is 44.5 Å². The molecule has 6 nitrogen and oxygen atoms in total. The van der Waals surface area contributed by atoms with Crippen molar-refractivity contribution in [2.75, 3.05) is 4.90 Å². The molecule has 1 aromatic heterocycles. The van der Waals surface area contributed by atoms with Crippen LogP contribution >= 0.6 is 39.1 Å². The number of halogens is 3. The second-order valence-electron chi connectivity index (χ2n) is 7.09. The summed E-state index contributed by atoms with van der Waals surface area (Å²) in [5.74, 6) is -0.859. The van der Waals surface area contributed by atoms with Gasteiger partial charge in [0.15, 0.2) is 5.82 Å². The van der Waals surface area contributed by atoms with Crippen LogP contribution < -0.4 is 4.90 Å². The number of amides is 2. The quantitative estimate of drug-likeness (QED) is 0.642. The van der Waals surface area contributed by atoms with E-state index < -0.39 is 0 Å². The highest BCUT2D eigenvalue weighted by molar-refractivity contribution is 9.10. The molecular formula is C18H14BrCl2N3O3. The monoisotopic (exact) mass is 469 g/mol. The Kier molecular flexibility index (Phi) is 4.13. The average Bonchev–Trinajstić information content (AvgIpc) is 3.36. The molecule has 2 amide bonds. The molecule has 3 saturated heterocycles. The molecule has 5 rings (SSSR count). The Morgan fingerprint density at radius 1 is 1.15 bits per heavy atom. The Hall–Kier alpha value is -1.41. The van der Waals surface area contributed by atoms with Crippen LogP contribution in [0.5, 0.6) is 0 Å². The Labute approximate surface area is 173 Å². The second kappa shape index (κ2) is 6.30. The Balaban J connectivity index is 1.45. The largest absolute Gasteiger partial charge is 0.373 e. The molecule has 27 heavy (non-hydrogen) atoms. The number of anilines is 1. The maximum Gasteiger partial charge on any atom is 0.241 e. The molecule has 0 unspecified atom stereocenters. The van der Waals surface area contributed by atoms with Gasteiger partial charge < -0.3 is 4.74 Å². The van der Waals surface area contributed by atoms with E-state index >= 15 is 0 Å². The molecule has 4 heterocycles. The predicted octanol–water partition coefficient (Wildman–Crippen LogP) is 3.67. The van der Waals surface area contributed by atoms with Gasteiger partial charge in [0.05, 0.1) is 35.1 Å². The molecule has 0 spiro atoms. The number of fused-ring (bicyclic) bond motifs is 5. The third-order valence-electron chi connectivity index (χ3n) is 5.54. The molecule has 0 N–H and O–H groups in total. The molecule has 2 aromatic rings. The predicted molar refractivity (Wildman–Crippen MR) is 103 cm³/mol. The van der Waals surface area contributed by atoms with Crippen LogP contribution in [0.25, 0.3) is 0 Å². The lowest BCUT2D eigenvalue weighted by atomic mass is 9.81. The minimum Gasteiger partial charge on any atom is -0.373 e. The molecule has 1 aromatic carbocycles. The molecule has 4 atom stereocenters. The van der Waals surface area contributed by atoms with Gasteiger partial charge in [-0.25, -0.2) is 4.90 Å². The van der Waals surface area contributed by atoms with E-state index in [-0.39, 0.29) is 35.9 Å². The van der Waals surface area contributed by atoms with Crippen molar-refractivity contribution >= 4 is 56.8 Å². The molecule has 2 bridgehead atoms. The van der Waals surface area contributed by atoms with E-state index in [1.807, 2.05) is 6.07 Å². The molecule has 3 aliphatic heterocycles. The molecule has 0 saturated carbocycles. The Morgan fingerprint density at radius 3 is 2.44 bits per heavy atom. The molecule has 0 aliphatic carbocycles. The normalized spacial score (nSPS) is 29.1. The number of hydrogen-bond donors (Lipinski definition) is 0. The molecule has 0 radical (unpaired) electrons. The van der Waals surface area contributed by atoms with Crippen molar-refractivity contribution in [1.82, 2.24) is 9.78 Å². The summed E-state index contributed by atoms with van der Waals surface area (Å²) >= 11 is 15.6. The second-order valence-corrected chi connectivity index (χ2v) is 8.79. The number of carbonyl (C=O) groups is 2. The van der Waals surface area contributed by atoms with Crippen molar-refractivity contribution < 1.29 is 14.3 Å². The number of imide groups is 1. The molecule has 3 aliphatic rings. The van der Waals surface area contributed by atoms with Crippen LogP contribution in [0.2, 0.25) is 10.0 Å². The van der Waals surface area contributed by atoms with Gasteiger partial charge >= 0.3 is 0 Å². The van der Waals surface area contributed by atoms with Crippen molar-refractivity contribution in [2.45, 2.75) is 31.6 Å². The zero-order valence-electron chi connectivity index (χ0n) is 13.9. The summed E-state index contributed by atoms with van der Waals surface area (Å²) < 4.78 is 8.00. The minimum absolute atomic E-state index is 0.143. The van der Waals surface area contributed by atoms with Gasteiger partial charge in [-0.15, -0.1) is 0 Å². The number of hydrogen-bond acceptors (Lipinski definition) is 4. The van der Waals surface area contributed by atoms with Gasteiger partial charge in [-0.05, 0) is 46.5 Å². The third-order valence-corrected chi connectivity index (χ3v) is 6.69. The van der Waals surface area contributed by atoms with Crippen molar-refractivity contribution in [3.63, 3.8) is 0 Å². The summed E-state index contributed by atoms with van der Waals surface area (Å²) in [5, 5.41) is 5.56. The summed E-state index contributed by atoms with van der Waals surface area (Å²) in [5.41, 5.74) is 0.838. The number of rotatable bonds is 3. The summed E-state index contributed by atoms with van der Waals surface area (Å²) in [4.78, 5) is 27.1. The smallest absolute Gasteiger partial charge is 0.241 e. The number of ether oxygens (including phenoxy) is 1. The Morgan fingerprint density at radius 2 is 1.81 bits per heavy atom. The van der Waals surface area contributed by atoms with Crippen LogP contribution in [0.15, 0.2) is 28.9 Å². The van der Waals surface area contributed by atoms with Crippen LogP contribution in [0.3, 0.4) is 0 Å². The van der Waals surface area contributed by atoms with Crippen molar-refractivity contribution in [2.24, 2.45) is 11.8 Å². The zero-order chi connectivity index (χ0) is 18.9. The van der Waals surface area contributed by atoms with Gasteiger partial charge in [-0.1, -0.05) is 29.3 Å². The highest BCUT2D eigenvalue weighted by atomic mass is 79.9. The summed E-state index contributed by atoms with van der Waals surface area (Å²) in [6.45, 7) is 0.395. The first-order valence-corrected chi connectivity index (χ1v) is 10.2. The first-order valence-electron chi connectivity index (χ1n) is 8.64. The van der Waals surface area contributed by atoms with E-state index in [4.69, 9.17) is 27.9 Å². The highest BCUT2D eigenvalue weighted by Gasteiger charge is 2.63. The van der Waals surface area contributed by atoms with Crippen LogP contribution in [-0.4, -0.2) is 33.8 Å². The van der Waals surface area contributed by atoms with Crippen LogP contribution in [-0.2, 0) is 20.9 Å². The lowest BCUT2D eigenvalue weighted by Gasteiger charge is -2.15. The van der Waals surface area contributed by atoms with Gasteiger partial charge in [0.25, 0.3) is 0 Å². The molecule has 9 heteroatoms. The van der Waals surface area contributed by atoms with Crippen molar-refractivity contribution in [1.29, 1.82) is 0 Å². The van der Waals surface area contributed by atoms with E-state index in [0.717, 1.165) is 18.4 Å². The molecule has 140 valence electrons. The van der Waals surface area contributed by atoms with Gasteiger partial charge in [0, 0.05) is 16.2 Å². The first-order chi connectivity index (χ1) is 12.9. The van der Waals surface area contributed by atoms with Crippen LogP contribution in [0.1, 0.15) is 18.4 Å². The number of carbonyl (C=O) groups excluding carboxylic acids is 2. The van der Waals surface area contributed by atoms with Gasteiger partial charge in [0.2, 0.25) is 11.8 Å².